The zero-order valence-electron chi connectivity index (χ0n) is 10.6. The van der Waals surface area contributed by atoms with Crippen LogP contribution in [0, 0.1) is 0 Å². The minimum Gasteiger partial charge on any atom is -0.228 e. The van der Waals surface area contributed by atoms with E-state index in [1.54, 1.807) is 11.8 Å². The van der Waals surface area contributed by atoms with Crippen LogP contribution in [0.2, 0.25) is 10.0 Å². The Labute approximate surface area is 131 Å². The molecule has 100 valence electrons. The molecule has 0 unspecified atom stereocenters. The zero-order chi connectivity index (χ0) is 14.1. The van der Waals surface area contributed by atoms with Gasteiger partial charge in [-0.25, -0.2) is 9.97 Å². The van der Waals surface area contributed by atoms with Crippen molar-refractivity contribution in [3.63, 3.8) is 0 Å². The Bertz CT molecular complexity index is 773. The Balaban J connectivity index is 2.22. The molecule has 0 aliphatic carbocycles. The van der Waals surface area contributed by atoms with Gasteiger partial charge in [0.2, 0.25) is 0 Å². The second-order valence-electron chi connectivity index (χ2n) is 4.22. The lowest BCUT2D eigenvalue weighted by molar-refractivity contribution is 1.11. The smallest absolute Gasteiger partial charge is 0.161 e. The molecule has 0 N–H and O–H groups in total. The third kappa shape index (κ3) is 2.62. The molecule has 1 aromatic heterocycles. The maximum atomic E-state index is 6.04. The monoisotopic (exact) mass is 320 g/mol. The first-order chi connectivity index (χ1) is 9.67. The van der Waals surface area contributed by atoms with Crippen LogP contribution in [0.15, 0.2) is 47.5 Å². The van der Waals surface area contributed by atoms with Gasteiger partial charge in [-0.05, 0) is 48.7 Å². The van der Waals surface area contributed by atoms with E-state index in [0.29, 0.717) is 15.9 Å². The highest BCUT2D eigenvalue weighted by Crippen LogP contribution is 2.29. The number of fused-ring (bicyclic) bond motifs is 1. The summed E-state index contributed by atoms with van der Waals surface area (Å²) in [4.78, 5) is 9.21. The summed E-state index contributed by atoms with van der Waals surface area (Å²) in [5.74, 6) is 0.695. The second-order valence-corrected chi connectivity index (χ2v) is 5.89. The molecule has 0 fully saturated rings. The lowest BCUT2D eigenvalue weighted by Gasteiger charge is -2.07. The van der Waals surface area contributed by atoms with E-state index < -0.39 is 0 Å². The van der Waals surface area contributed by atoms with Gasteiger partial charge in [-0.2, -0.15) is 0 Å². The summed E-state index contributed by atoms with van der Waals surface area (Å²) in [6, 6.07) is 13.2. The number of halogens is 2. The van der Waals surface area contributed by atoms with Crippen LogP contribution in [-0.4, -0.2) is 16.2 Å². The number of rotatable bonds is 2. The molecule has 0 atom stereocenters. The SMILES string of the molecule is CSc1nc(-c2ccc(Cl)cc2)nc2ccc(Cl)cc12. The van der Waals surface area contributed by atoms with Gasteiger partial charge in [-0.15, -0.1) is 11.8 Å². The third-order valence-corrected chi connectivity index (χ3v) is 4.10. The molecule has 0 aliphatic heterocycles. The summed E-state index contributed by atoms with van der Waals surface area (Å²) >= 11 is 13.5. The van der Waals surface area contributed by atoms with Crippen LogP contribution >= 0.6 is 35.0 Å². The van der Waals surface area contributed by atoms with Crippen molar-refractivity contribution in [2.75, 3.05) is 6.26 Å². The summed E-state index contributed by atoms with van der Waals surface area (Å²) in [5.41, 5.74) is 1.83. The van der Waals surface area contributed by atoms with Crippen molar-refractivity contribution in [2.24, 2.45) is 0 Å². The maximum absolute atomic E-state index is 6.04. The molecular weight excluding hydrogens is 311 g/mol. The minimum absolute atomic E-state index is 0.690. The van der Waals surface area contributed by atoms with Crippen LogP contribution in [0.4, 0.5) is 0 Å². The molecule has 3 aromatic rings. The molecule has 2 aromatic carbocycles. The van der Waals surface area contributed by atoms with Crippen LogP contribution in [0.5, 0.6) is 0 Å². The van der Waals surface area contributed by atoms with Crippen LogP contribution in [0.1, 0.15) is 0 Å². The highest BCUT2D eigenvalue weighted by Gasteiger charge is 2.09. The van der Waals surface area contributed by atoms with E-state index in [2.05, 4.69) is 9.97 Å². The predicted molar refractivity (Wildman–Crippen MR) is 86.8 cm³/mol. The number of benzene rings is 2. The summed E-state index contributed by atoms with van der Waals surface area (Å²) in [6.07, 6.45) is 1.99. The molecule has 0 amide bonds. The summed E-state index contributed by atoms with van der Waals surface area (Å²) in [7, 11) is 0. The topological polar surface area (TPSA) is 25.8 Å². The van der Waals surface area contributed by atoms with E-state index in [0.717, 1.165) is 21.5 Å². The van der Waals surface area contributed by atoms with Crippen molar-refractivity contribution in [3.8, 4) is 11.4 Å². The van der Waals surface area contributed by atoms with Gasteiger partial charge in [-0.3, -0.25) is 0 Å². The van der Waals surface area contributed by atoms with Crippen molar-refractivity contribution in [1.29, 1.82) is 0 Å². The minimum atomic E-state index is 0.690. The fourth-order valence-electron chi connectivity index (χ4n) is 1.96. The van der Waals surface area contributed by atoms with Gasteiger partial charge in [0.25, 0.3) is 0 Å². The van der Waals surface area contributed by atoms with Crippen LogP contribution in [-0.2, 0) is 0 Å². The quantitative estimate of drug-likeness (QED) is 0.471. The molecule has 0 radical (unpaired) electrons. The molecule has 0 aliphatic rings. The van der Waals surface area contributed by atoms with E-state index in [9.17, 15) is 0 Å². The first kappa shape index (κ1) is 13.7. The average molecular weight is 321 g/mol. The number of thioether (sulfide) groups is 1. The van der Waals surface area contributed by atoms with Crippen LogP contribution in [0.25, 0.3) is 22.3 Å². The van der Waals surface area contributed by atoms with E-state index in [4.69, 9.17) is 23.2 Å². The first-order valence-corrected chi connectivity index (χ1v) is 7.92. The first-order valence-electron chi connectivity index (χ1n) is 5.94. The molecular formula is C15H10Cl2N2S. The van der Waals surface area contributed by atoms with Crippen molar-refractivity contribution in [3.05, 3.63) is 52.5 Å². The molecule has 2 nitrogen and oxygen atoms in total. The molecule has 3 rings (SSSR count). The summed E-state index contributed by atoms with van der Waals surface area (Å²) in [5, 5.41) is 3.28. The lowest BCUT2D eigenvalue weighted by atomic mass is 10.2. The Morgan fingerprint density at radius 1 is 0.900 bits per heavy atom. The van der Waals surface area contributed by atoms with Crippen LogP contribution in [0.3, 0.4) is 0 Å². The zero-order valence-corrected chi connectivity index (χ0v) is 12.9. The molecule has 0 saturated carbocycles. The van der Waals surface area contributed by atoms with E-state index >= 15 is 0 Å². The molecule has 0 bridgehead atoms. The van der Waals surface area contributed by atoms with E-state index in [1.807, 2.05) is 48.7 Å². The highest BCUT2D eigenvalue weighted by molar-refractivity contribution is 7.98. The molecule has 0 saturated heterocycles. The van der Waals surface area contributed by atoms with Gasteiger partial charge in [0.1, 0.15) is 5.03 Å². The average Bonchev–Trinajstić information content (AvgIpc) is 2.47. The third-order valence-electron chi connectivity index (χ3n) is 2.92. The number of hydrogen-bond acceptors (Lipinski definition) is 3. The second kappa shape index (κ2) is 5.60. The number of nitrogens with zero attached hydrogens (tertiary/aromatic N) is 2. The molecule has 5 heteroatoms. The summed E-state index contributed by atoms with van der Waals surface area (Å²) in [6.45, 7) is 0. The van der Waals surface area contributed by atoms with E-state index in [1.165, 1.54) is 0 Å². The number of hydrogen-bond donors (Lipinski definition) is 0. The molecule has 1 heterocycles. The highest BCUT2D eigenvalue weighted by atomic mass is 35.5. The van der Waals surface area contributed by atoms with Gasteiger partial charge in [0, 0.05) is 21.0 Å². The Kier molecular flexibility index (Phi) is 3.83. The molecule has 0 spiro atoms. The largest absolute Gasteiger partial charge is 0.228 e. The van der Waals surface area contributed by atoms with Crippen LogP contribution < -0.4 is 0 Å². The van der Waals surface area contributed by atoms with Crippen molar-refractivity contribution >= 4 is 45.9 Å². The fourth-order valence-corrected chi connectivity index (χ4v) is 2.82. The Morgan fingerprint density at radius 3 is 2.30 bits per heavy atom. The van der Waals surface area contributed by atoms with Crippen molar-refractivity contribution in [2.45, 2.75) is 5.03 Å². The standard InChI is InChI=1S/C15H10Cl2N2S/c1-20-15-12-8-11(17)6-7-13(12)18-14(19-15)9-2-4-10(16)5-3-9/h2-8H,1H3. The van der Waals surface area contributed by atoms with Gasteiger partial charge in [0.05, 0.1) is 5.52 Å². The number of aromatic nitrogens is 2. The van der Waals surface area contributed by atoms with Crippen molar-refractivity contribution in [1.82, 2.24) is 9.97 Å². The fraction of sp³-hybridized carbons (Fsp3) is 0.0667. The van der Waals surface area contributed by atoms with Gasteiger partial charge < -0.3 is 0 Å². The lowest BCUT2D eigenvalue weighted by Crippen LogP contribution is -1.93. The van der Waals surface area contributed by atoms with Gasteiger partial charge >= 0.3 is 0 Å². The van der Waals surface area contributed by atoms with E-state index in [-0.39, 0.29) is 0 Å². The maximum Gasteiger partial charge on any atom is 0.161 e. The van der Waals surface area contributed by atoms with Gasteiger partial charge in [-0.1, -0.05) is 23.2 Å². The Morgan fingerprint density at radius 2 is 1.60 bits per heavy atom. The normalized spacial score (nSPS) is 10.9. The predicted octanol–water partition coefficient (Wildman–Crippen LogP) is 5.33. The van der Waals surface area contributed by atoms with Gasteiger partial charge in [0.15, 0.2) is 5.82 Å². The Hall–Kier alpha value is -1.29. The molecule has 20 heavy (non-hydrogen) atoms. The van der Waals surface area contributed by atoms with Crippen molar-refractivity contribution < 1.29 is 0 Å². The summed E-state index contributed by atoms with van der Waals surface area (Å²) < 4.78 is 0.